The Hall–Kier alpha value is -1.31. The van der Waals surface area contributed by atoms with E-state index in [4.69, 9.17) is 5.10 Å². The minimum absolute atomic E-state index is 0.524. The summed E-state index contributed by atoms with van der Waals surface area (Å²) in [4.78, 5) is 0. The summed E-state index contributed by atoms with van der Waals surface area (Å²) < 4.78 is 0. The smallest absolute Gasteiger partial charge is 0.0912 e. The molecule has 2 rings (SSSR count). The molecule has 2 nitrogen and oxygen atoms in total. The number of nitrogens with zero attached hydrogens (tertiary/aromatic N) is 2. The molecular weight excluding hydrogens is 244 g/mol. The number of unbranched alkanes of at least 4 members (excludes halogenated alkanes) is 5. The number of benzene rings is 1. The lowest BCUT2D eigenvalue weighted by Crippen LogP contribution is -1.97. The van der Waals surface area contributed by atoms with E-state index in [0.29, 0.717) is 6.04 Å². The lowest BCUT2D eigenvalue weighted by atomic mass is 10.1. The van der Waals surface area contributed by atoms with Crippen LogP contribution in [0.15, 0.2) is 35.4 Å². The Morgan fingerprint density at radius 1 is 1.10 bits per heavy atom. The van der Waals surface area contributed by atoms with Crippen molar-refractivity contribution >= 4 is 5.71 Å². The summed E-state index contributed by atoms with van der Waals surface area (Å²) in [7, 11) is 0. The second kappa shape index (κ2) is 8.08. The van der Waals surface area contributed by atoms with Crippen molar-refractivity contribution in [3.05, 3.63) is 35.9 Å². The monoisotopic (exact) mass is 272 g/mol. The van der Waals surface area contributed by atoms with E-state index in [1.54, 1.807) is 0 Å². The molecule has 20 heavy (non-hydrogen) atoms. The number of hydrazone groups is 1. The highest BCUT2D eigenvalue weighted by atomic mass is 15.6. The fourth-order valence-electron chi connectivity index (χ4n) is 2.62. The van der Waals surface area contributed by atoms with E-state index in [9.17, 15) is 0 Å². The minimum Gasteiger partial charge on any atom is -0.285 e. The van der Waals surface area contributed by atoms with Gasteiger partial charge in [-0.15, -0.1) is 0 Å². The minimum atomic E-state index is 0.524. The van der Waals surface area contributed by atoms with E-state index in [1.165, 1.54) is 49.8 Å². The molecule has 0 amide bonds. The summed E-state index contributed by atoms with van der Waals surface area (Å²) in [6.07, 6.45) is 9.31. The van der Waals surface area contributed by atoms with Gasteiger partial charge in [-0.25, -0.2) is 0 Å². The van der Waals surface area contributed by atoms with Crippen LogP contribution in [-0.2, 0) is 0 Å². The lowest BCUT2D eigenvalue weighted by Gasteiger charge is -2.03. The predicted octanol–water partition coefficient (Wildman–Crippen LogP) is 5.17. The molecule has 0 bridgehead atoms. The van der Waals surface area contributed by atoms with Crippen molar-refractivity contribution in [1.82, 2.24) is 5.01 Å². The predicted molar refractivity (Wildman–Crippen MR) is 87.0 cm³/mol. The topological polar surface area (TPSA) is 15.4 Å². The van der Waals surface area contributed by atoms with Crippen molar-refractivity contribution in [1.29, 1.82) is 0 Å². The average molecular weight is 272 g/mol. The van der Waals surface area contributed by atoms with Gasteiger partial charge < -0.3 is 0 Å². The Kier molecular flexibility index (Phi) is 6.10. The van der Waals surface area contributed by atoms with Gasteiger partial charge in [-0.2, -0.15) is 5.10 Å². The van der Waals surface area contributed by atoms with Gasteiger partial charge in [0.15, 0.2) is 0 Å². The van der Waals surface area contributed by atoms with Crippen LogP contribution in [0.3, 0.4) is 0 Å². The van der Waals surface area contributed by atoms with E-state index >= 15 is 0 Å². The van der Waals surface area contributed by atoms with Crippen LogP contribution in [-0.4, -0.2) is 17.3 Å². The first-order chi connectivity index (χ1) is 9.81. The maximum absolute atomic E-state index is 4.73. The van der Waals surface area contributed by atoms with Gasteiger partial charge in [-0.1, -0.05) is 69.4 Å². The molecule has 0 radical (unpaired) electrons. The first kappa shape index (κ1) is 15.1. The summed E-state index contributed by atoms with van der Waals surface area (Å²) >= 11 is 0. The molecule has 1 aliphatic heterocycles. The van der Waals surface area contributed by atoms with E-state index in [-0.39, 0.29) is 0 Å². The van der Waals surface area contributed by atoms with Gasteiger partial charge in [0.05, 0.1) is 12.6 Å². The van der Waals surface area contributed by atoms with Crippen LogP contribution in [0, 0.1) is 0 Å². The molecule has 1 aromatic rings. The summed E-state index contributed by atoms with van der Waals surface area (Å²) in [6, 6.07) is 11.2. The Morgan fingerprint density at radius 3 is 2.55 bits per heavy atom. The van der Waals surface area contributed by atoms with E-state index in [0.717, 1.165) is 13.0 Å². The molecule has 1 heterocycles. The molecule has 1 saturated heterocycles. The molecule has 0 aliphatic carbocycles. The Morgan fingerprint density at radius 2 is 1.80 bits per heavy atom. The first-order valence-electron chi connectivity index (χ1n) is 8.17. The van der Waals surface area contributed by atoms with Gasteiger partial charge in [-0.05, 0) is 25.3 Å². The van der Waals surface area contributed by atoms with Crippen molar-refractivity contribution in [2.75, 3.05) is 6.54 Å². The van der Waals surface area contributed by atoms with Crippen LogP contribution in [0.5, 0.6) is 0 Å². The van der Waals surface area contributed by atoms with E-state index in [2.05, 4.69) is 49.2 Å². The third kappa shape index (κ3) is 4.99. The van der Waals surface area contributed by atoms with E-state index < -0.39 is 0 Å². The van der Waals surface area contributed by atoms with Gasteiger partial charge in [-0.3, -0.25) is 5.01 Å². The maximum atomic E-state index is 4.73. The highest BCUT2D eigenvalue weighted by Crippen LogP contribution is 2.34. The highest BCUT2D eigenvalue weighted by molar-refractivity contribution is 5.81. The molecule has 2 heteroatoms. The molecule has 1 unspecified atom stereocenters. The normalized spacial score (nSPS) is 18.4. The molecular formula is C18H28N2. The molecule has 1 fully saturated rings. The molecule has 1 atom stereocenters. The van der Waals surface area contributed by atoms with Gasteiger partial charge >= 0.3 is 0 Å². The second-order valence-corrected chi connectivity index (χ2v) is 5.90. The summed E-state index contributed by atoms with van der Waals surface area (Å²) in [6.45, 7) is 5.52. The summed E-state index contributed by atoms with van der Waals surface area (Å²) in [5.41, 5.74) is 2.68. The number of hydrogen-bond donors (Lipinski definition) is 0. The largest absolute Gasteiger partial charge is 0.285 e. The first-order valence-corrected chi connectivity index (χ1v) is 8.17. The van der Waals surface area contributed by atoms with Gasteiger partial charge in [0.2, 0.25) is 0 Å². The zero-order chi connectivity index (χ0) is 14.2. The Labute approximate surface area is 123 Å². The van der Waals surface area contributed by atoms with Gasteiger partial charge in [0, 0.05) is 5.71 Å². The van der Waals surface area contributed by atoms with Crippen LogP contribution in [0.1, 0.15) is 70.4 Å². The van der Waals surface area contributed by atoms with Crippen LogP contribution in [0.4, 0.5) is 0 Å². The van der Waals surface area contributed by atoms with Crippen LogP contribution in [0.2, 0.25) is 0 Å². The van der Waals surface area contributed by atoms with Gasteiger partial charge in [0.1, 0.15) is 0 Å². The molecule has 0 spiro atoms. The third-order valence-electron chi connectivity index (χ3n) is 3.96. The molecule has 110 valence electrons. The average Bonchev–Trinajstić information content (AvgIpc) is 3.23. The van der Waals surface area contributed by atoms with Crippen molar-refractivity contribution in [3.63, 3.8) is 0 Å². The van der Waals surface area contributed by atoms with Crippen molar-refractivity contribution < 1.29 is 0 Å². The Bertz CT molecular complexity index is 411. The second-order valence-electron chi connectivity index (χ2n) is 5.90. The lowest BCUT2D eigenvalue weighted by molar-refractivity contribution is 0.547. The SMILES string of the molecule is CCCCCCCC/C(C)=N/N1CC1c1ccccc1. The van der Waals surface area contributed by atoms with Crippen LogP contribution < -0.4 is 0 Å². The van der Waals surface area contributed by atoms with Crippen molar-refractivity contribution in [2.24, 2.45) is 5.10 Å². The van der Waals surface area contributed by atoms with E-state index in [1.807, 2.05) is 0 Å². The molecule has 1 aromatic carbocycles. The fourth-order valence-corrected chi connectivity index (χ4v) is 2.62. The zero-order valence-electron chi connectivity index (χ0n) is 13.0. The summed E-state index contributed by atoms with van der Waals surface area (Å²) in [5, 5.41) is 6.94. The van der Waals surface area contributed by atoms with Crippen molar-refractivity contribution in [2.45, 2.75) is 64.8 Å². The quantitative estimate of drug-likeness (QED) is 0.344. The highest BCUT2D eigenvalue weighted by Gasteiger charge is 2.34. The van der Waals surface area contributed by atoms with Crippen LogP contribution >= 0.6 is 0 Å². The molecule has 0 saturated carbocycles. The maximum Gasteiger partial charge on any atom is 0.0912 e. The molecule has 1 aliphatic rings. The number of hydrogen-bond acceptors (Lipinski definition) is 2. The number of rotatable bonds is 9. The molecule has 0 N–H and O–H groups in total. The standard InChI is InChI=1S/C18H28N2/c1-3-4-5-6-7-9-12-16(2)19-20-15-18(20)17-13-10-8-11-14-17/h8,10-11,13-14,18H,3-7,9,12,15H2,1-2H3/b19-16+. The van der Waals surface area contributed by atoms with Gasteiger partial charge in [0.25, 0.3) is 0 Å². The van der Waals surface area contributed by atoms with Crippen molar-refractivity contribution in [3.8, 4) is 0 Å². The molecule has 0 aromatic heterocycles. The summed E-state index contributed by atoms with van der Waals surface area (Å²) in [5.74, 6) is 0. The fraction of sp³-hybridized carbons (Fsp3) is 0.611. The van der Waals surface area contributed by atoms with Crippen LogP contribution in [0.25, 0.3) is 0 Å². The Balaban J connectivity index is 1.63. The zero-order valence-corrected chi connectivity index (χ0v) is 13.0. The third-order valence-corrected chi connectivity index (χ3v) is 3.96.